The summed E-state index contributed by atoms with van der Waals surface area (Å²) in [4.78, 5) is 0. The molecule has 0 aliphatic rings. The molecule has 2 rings (SSSR count). The second kappa shape index (κ2) is 5.96. The van der Waals surface area contributed by atoms with Crippen molar-refractivity contribution < 1.29 is 23.0 Å². The predicted octanol–water partition coefficient (Wildman–Crippen LogP) is 3.74. The highest BCUT2D eigenvalue weighted by Gasteiger charge is 2.11. The first-order valence-electron chi connectivity index (χ1n) is 6.01. The lowest BCUT2D eigenvalue weighted by Crippen LogP contribution is -2.02. The van der Waals surface area contributed by atoms with E-state index in [9.17, 15) is 18.3 Å². The van der Waals surface area contributed by atoms with Crippen LogP contribution in [0.15, 0.2) is 36.4 Å². The quantitative estimate of drug-likeness (QED) is 0.925. The number of aliphatic hydroxyl groups is 1. The Hall–Kier alpha value is -2.01. The molecule has 2 nitrogen and oxygen atoms in total. The lowest BCUT2D eigenvalue weighted by atomic mass is 10.1. The van der Waals surface area contributed by atoms with Gasteiger partial charge in [-0.15, -0.1) is 0 Å². The fourth-order valence-corrected chi connectivity index (χ4v) is 1.77. The van der Waals surface area contributed by atoms with E-state index in [2.05, 4.69) is 0 Å². The molecule has 0 bridgehead atoms. The van der Waals surface area contributed by atoms with Gasteiger partial charge in [-0.05, 0) is 36.8 Å². The third-order valence-electron chi connectivity index (χ3n) is 2.80. The summed E-state index contributed by atoms with van der Waals surface area (Å²) < 4.78 is 44.4. The van der Waals surface area contributed by atoms with Crippen LogP contribution in [0.3, 0.4) is 0 Å². The average molecular weight is 282 g/mol. The van der Waals surface area contributed by atoms with Crippen LogP contribution in [0.2, 0.25) is 0 Å². The lowest BCUT2D eigenvalue weighted by molar-refractivity contribution is 0.189. The van der Waals surface area contributed by atoms with Crippen molar-refractivity contribution in [3.05, 3.63) is 65.0 Å². The molecule has 1 unspecified atom stereocenters. The Kier molecular flexibility index (Phi) is 4.29. The fourth-order valence-electron chi connectivity index (χ4n) is 1.77. The first kappa shape index (κ1) is 14.4. The van der Waals surface area contributed by atoms with Gasteiger partial charge in [-0.3, -0.25) is 0 Å². The summed E-state index contributed by atoms with van der Waals surface area (Å²) in [7, 11) is 0. The first-order valence-corrected chi connectivity index (χ1v) is 6.01. The number of rotatable bonds is 4. The Morgan fingerprint density at radius 2 is 1.80 bits per heavy atom. The molecule has 0 aliphatic carbocycles. The van der Waals surface area contributed by atoms with Crippen LogP contribution in [0.5, 0.6) is 5.75 Å². The van der Waals surface area contributed by atoms with Crippen molar-refractivity contribution in [2.45, 2.75) is 19.6 Å². The van der Waals surface area contributed by atoms with Gasteiger partial charge in [-0.25, -0.2) is 13.2 Å². The molecule has 1 atom stereocenters. The summed E-state index contributed by atoms with van der Waals surface area (Å²) in [6.07, 6.45) is -0.824. The zero-order valence-electron chi connectivity index (χ0n) is 10.7. The van der Waals surface area contributed by atoms with Gasteiger partial charge in [0.2, 0.25) is 0 Å². The SMILES string of the molecule is CC(O)c1ccc(F)cc1OCc1ccc(F)c(F)c1. The maximum absolute atomic E-state index is 13.2. The molecule has 2 aromatic rings. The maximum atomic E-state index is 13.2. The molecule has 20 heavy (non-hydrogen) atoms. The number of halogens is 3. The number of benzene rings is 2. The average Bonchev–Trinajstić information content (AvgIpc) is 2.40. The van der Waals surface area contributed by atoms with E-state index in [1.807, 2.05) is 0 Å². The topological polar surface area (TPSA) is 29.5 Å². The van der Waals surface area contributed by atoms with Crippen LogP contribution in [0.25, 0.3) is 0 Å². The molecule has 0 spiro atoms. The molecular formula is C15H13F3O2. The van der Waals surface area contributed by atoms with Gasteiger partial charge in [-0.1, -0.05) is 6.07 Å². The number of hydrogen-bond donors (Lipinski definition) is 1. The molecule has 0 fully saturated rings. The highest BCUT2D eigenvalue weighted by Crippen LogP contribution is 2.26. The van der Waals surface area contributed by atoms with Crippen LogP contribution in [0.1, 0.15) is 24.2 Å². The molecule has 0 saturated carbocycles. The third-order valence-corrected chi connectivity index (χ3v) is 2.80. The number of hydrogen-bond acceptors (Lipinski definition) is 2. The van der Waals surface area contributed by atoms with Crippen molar-refractivity contribution in [3.8, 4) is 5.75 Å². The Labute approximate surface area is 114 Å². The van der Waals surface area contributed by atoms with Gasteiger partial charge >= 0.3 is 0 Å². The van der Waals surface area contributed by atoms with Crippen molar-refractivity contribution in [3.63, 3.8) is 0 Å². The van der Waals surface area contributed by atoms with E-state index >= 15 is 0 Å². The van der Waals surface area contributed by atoms with Crippen molar-refractivity contribution in [2.24, 2.45) is 0 Å². The van der Waals surface area contributed by atoms with Crippen molar-refractivity contribution in [1.29, 1.82) is 0 Å². The summed E-state index contributed by atoms with van der Waals surface area (Å²) in [6.45, 7) is 1.47. The number of aliphatic hydroxyl groups excluding tert-OH is 1. The third kappa shape index (κ3) is 3.30. The van der Waals surface area contributed by atoms with Gasteiger partial charge in [-0.2, -0.15) is 0 Å². The monoisotopic (exact) mass is 282 g/mol. The molecule has 106 valence electrons. The molecule has 0 amide bonds. The minimum Gasteiger partial charge on any atom is -0.488 e. The van der Waals surface area contributed by atoms with E-state index < -0.39 is 23.6 Å². The van der Waals surface area contributed by atoms with Gasteiger partial charge in [0.05, 0.1) is 6.10 Å². The van der Waals surface area contributed by atoms with Crippen LogP contribution in [0, 0.1) is 17.5 Å². The molecule has 0 saturated heterocycles. The summed E-state index contributed by atoms with van der Waals surface area (Å²) >= 11 is 0. The van der Waals surface area contributed by atoms with Gasteiger partial charge in [0, 0.05) is 11.6 Å². The molecule has 2 aromatic carbocycles. The van der Waals surface area contributed by atoms with E-state index in [4.69, 9.17) is 4.74 Å². The van der Waals surface area contributed by atoms with Crippen molar-refractivity contribution >= 4 is 0 Å². The van der Waals surface area contributed by atoms with Gasteiger partial charge in [0.15, 0.2) is 11.6 Å². The van der Waals surface area contributed by atoms with E-state index in [0.29, 0.717) is 11.1 Å². The fraction of sp³-hybridized carbons (Fsp3) is 0.200. The van der Waals surface area contributed by atoms with Crippen LogP contribution in [0.4, 0.5) is 13.2 Å². The Morgan fingerprint density at radius 3 is 2.45 bits per heavy atom. The summed E-state index contributed by atoms with van der Waals surface area (Å²) in [6, 6.07) is 7.15. The summed E-state index contributed by atoms with van der Waals surface area (Å²) in [5.74, 6) is -2.25. The lowest BCUT2D eigenvalue weighted by Gasteiger charge is -2.13. The van der Waals surface area contributed by atoms with Crippen LogP contribution in [-0.2, 0) is 6.61 Å². The largest absolute Gasteiger partial charge is 0.488 e. The maximum Gasteiger partial charge on any atom is 0.159 e. The van der Waals surface area contributed by atoms with Crippen molar-refractivity contribution in [2.75, 3.05) is 0 Å². The smallest absolute Gasteiger partial charge is 0.159 e. The molecule has 0 heterocycles. The first-order chi connectivity index (χ1) is 9.47. The summed E-state index contributed by atoms with van der Waals surface area (Å²) in [5, 5.41) is 9.56. The van der Waals surface area contributed by atoms with Crippen LogP contribution >= 0.6 is 0 Å². The van der Waals surface area contributed by atoms with E-state index in [1.54, 1.807) is 0 Å². The van der Waals surface area contributed by atoms with Gasteiger partial charge in [0.1, 0.15) is 18.2 Å². The van der Waals surface area contributed by atoms with Crippen molar-refractivity contribution in [1.82, 2.24) is 0 Å². The summed E-state index contributed by atoms with van der Waals surface area (Å²) in [5.41, 5.74) is 0.832. The van der Waals surface area contributed by atoms with Gasteiger partial charge in [0.25, 0.3) is 0 Å². The molecule has 0 aliphatic heterocycles. The standard InChI is InChI=1S/C15H13F3O2/c1-9(19)12-4-3-11(16)7-15(12)20-8-10-2-5-13(17)14(18)6-10/h2-7,9,19H,8H2,1H3. The Morgan fingerprint density at radius 1 is 1.05 bits per heavy atom. The highest BCUT2D eigenvalue weighted by molar-refractivity contribution is 5.35. The Balaban J connectivity index is 2.17. The van der Waals surface area contributed by atoms with E-state index in [0.717, 1.165) is 18.2 Å². The normalized spacial score (nSPS) is 12.2. The van der Waals surface area contributed by atoms with Crippen LogP contribution < -0.4 is 4.74 Å². The van der Waals surface area contributed by atoms with Crippen LogP contribution in [-0.4, -0.2) is 5.11 Å². The minimum atomic E-state index is -0.971. The highest BCUT2D eigenvalue weighted by atomic mass is 19.2. The Bertz CT molecular complexity index is 612. The molecular weight excluding hydrogens is 269 g/mol. The second-order valence-electron chi connectivity index (χ2n) is 4.40. The second-order valence-corrected chi connectivity index (χ2v) is 4.40. The number of ether oxygens (including phenoxy) is 1. The van der Waals surface area contributed by atoms with E-state index in [-0.39, 0.29) is 12.4 Å². The minimum absolute atomic E-state index is 0.0552. The predicted molar refractivity (Wildman–Crippen MR) is 67.7 cm³/mol. The molecule has 0 radical (unpaired) electrons. The van der Waals surface area contributed by atoms with Gasteiger partial charge < -0.3 is 9.84 Å². The zero-order valence-corrected chi connectivity index (χ0v) is 10.7. The molecule has 0 aromatic heterocycles. The molecule has 1 N–H and O–H groups in total. The molecule has 5 heteroatoms. The zero-order chi connectivity index (χ0) is 14.7. The van der Waals surface area contributed by atoms with E-state index in [1.165, 1.54) is 25.1 Å².